The second-order valence-corrected chi connectivity index (χ2v) is 8.21. The highest BCUT2D eigenvalue weighted by molar-refractivity contribution is 6.02. The lowest BCUT2D eigenvalue weighted by Gasteiger charge is -2.16. The molecule has 2 amide bonds. The zero-order valence-electron chi connectivity index (χ0n) is 16.7. The lowest BCUT2D eigenvalue weighted by Crippen LogP contribution is -2.32. The van der Waals surface area contributed by atoms with Crippen molar-refractivity contribution >= 4 is 11.8 Å². The number of hydrogen-bond acceptors (Lipinski definition) is 4. The molecule has 30 heavy (non-hydrogen) atoms. The summed E-state index contributed by atoms with van der Waals surface area (Å²) < 4.78 is 19.8. The van der Waals surface area contributed by atoms with Gasteiger partial charge in [-0.2, -0.15) is 0 Å². The monoisotopic (exact) mass is 409 g/mol. The molecule has 0 bridgehead atoms. The first kappa shape index (κ1) is 19.1. The molecule has 7 heteroatoms. The molecule has 2 aromatic rings. The molecule has 1 saturated carbocycles. The van der Waals surface area contributed by atoms with Gasteiger partial charge in [0.25, 0.3) is 11.8 Å². The highest BCUT2D eigenvalue weighted by Crippen LogP contribution is 2.46. The number of amides is 2. The maximum Gasteiger partial charge on any atom is 0.254 e. The number of alkyl halides is 1. The molecular formula is C23H24FN3O3. The molecule has 6 nitrogen and oxygen atoms in total. The van der Waals surface area contributed by atoms with Crippen LogP contribution in [0.4, 0.5) is 4.39 Å². The minimum Gasteiger partial charge on any atom is -0.486 e. The molecule has 1 aliphatic carbocycles. The van der Waals surface area contributed by atoms with Crippen molar-refractivity contribution in [2.75, 3.05) is 26.8 Å². The minimum atomic E-state index is -0.738. The normalized spacial score (nSPS) is 28.3. The van der Waals surface area contributed by atoms with E-state index in [2.05, 4.69) is 16.0 Å². The molecule has 2 aliphatic heterocycles. The maximum atomic E-state index is 13.9. The second-order valence-electron chi connectivity index (χ2n) is 8.21. The number of nitrogens with one attached hydrogen (secondary N) is 3. The van der Waals surface area contributed by atoms with Crippen LogP contribution in [0.2, 0.25) is 0 Å². The fourth-order valence-corrected chi connectivity index (χ4v) is 4.91. The first-order valence-electron chi connectivity index (χ1n) is 10.3. The van der Waals surface area contributed by atoms with Crippen LogP contribution in [0, 0.1) is 11.8 Å². The number of carbonyl (C=O) groups is 2. The number of ether oxygens (including phenoxy) is 1. The molecule has 2 heterocycles. The Morgan fingerprint density at radius 3 is 2.53 bits per heavy atom. The SMILES string of the molecule is CNC(=O)c1cc(C(=O)NC2[C@H]3CNC[C@@H]23)cc2c1O[C@H](CF)[C@H]2c1ccccc1. The van der Waals surface area contributed by atoms with E-state index in [-0.39, 0.29) is 29.3 Å². The summed E-state index contributed by atoms with van der Waals surface area (Å²) in [7, 11) is 1.52. The van der Waals surface area contributed by atoms with Crippen molar-refractivity contribution < 1.29 is 18.7 Å². The predicted molar refractivity (Wildman–Crippen MR) is 110 cm³/mol. The van der Waals surface area contributed by atoms with E-state index in [0.29, 0.717) is 28.7 Å². The van der Waals surface area contributed by atoms with Gasteiger partial charge in [0.2, 0.25) is 0 Å². The molecule has 156 valence electrons. The van der Waals surface area contributed by atoms with Crippen LogP contribution in [-0.4, -0.2) is 50.8 Å². The number of piperidine rings is 1. The smallest absolute Gasteiger partial charge is 0.254 e. The number of fused-ring (bicyclic) bond motifs is 2. The maximum absolute atomic E-state index is 13.9. The van der Waals surface area contributed by atoms with Crippen LogP contribution < -0.4 is 20.7 Å². The van der Waals surface area contributed by atoms with Gasteiger partial charge in [0.1, 0.15) is 18.5 Å². The molecule has 5 rings (SSSR count). The average molecular weight is 409 g/mol. The molecule has 2 aromatic carbocycles. The zero-order chi connectivity index (χ0) is 20.8. The molecule has 3 aliphatic rings. The summed E-state index contributed by atoms with van der Waals surface area (Å²) in [6, 6.07) is 13.0. The van der Waals surface area contributed by atoms with Crippen LogP contribution >= 0.6 is 0 Å². The molecule has 1 saturated heterocycles. The summed E-state index contributed by atoms with van der Waals surface area (Å²) in [6.07, 6.45) is -0.738. The van der Waals surface area contributed by atoms with Gasteiger partial charge in [-0.05, 0) is 29.5 Å². The molecular weight excluding hydrogens is 385 g/mol. The van der Waals surface area contributed by atoms with E-state index in [1.165, 1.54) is 7.05 Å². The molecule has 1 unspecified atom stereocenters. The Balaban J connectivity index is 1.54. The van der Waals surface area contributed by atoms with Crippen molar-refractivity contribution in [2.24, 2.45) is 11.8 Å². The molecule has 0 spiro atoms. The first-order valence-corrected chi connectivity index (χ1v) is 10.3. The van der Waals surface area contributed by atoms with Gasteiger partial charge >= 0.3 is 0 Å². The van der Waals surface area contributed by atoms with Crippen LogP contribution in [0.1, 0.15) is 37.8 Å². The van der Waals surface area contributed by atoms with E-state index in [0.717, 1.165) is 18.7 Å². The van der Waals surface area contributed by atoms with Crippen LogP contribution in [0.25, 0.3) is 0 Å². The zero-order valence-corrected chi connectivity index (χ0v) is 16.7. The van der Waals surface area contributed by atoms with Crippen LogP contribution in [0.3, 0.4) is 0 Å². The summed E-state index contributed by atoms with van der Waals surface area (Å²) in [5, 5.41) is 9.01. The third-order valence-electron chi connectivity index (χ3n) is 6.53. The van der Waals surface area contributed by atoms with Crippen molar-refractivity contribution in [1.82, 2.24) is 16.0 Å². The summed E-state index contributed by atoms with van der Waals surface area (Å²) in [6.45, 7) is 1.15. The van der Waals surface area contributed by atoms with Crippen molar-refractivity contribution in [3.63, 3.8) is 0 Å². The van der Waals surface area contributed by atoms with Gasteiger partial charge in [-0.3, -0.25) is 9.59 Å². The van der Waals surface area contributed by atoms with Crippen molar-refractivity contribution in [3.05, 3.63) is 64.7 Å². The summed E-state index contributed by atoms with van der Waals surface area (Å²) in [4.78, 5) is 25.6. The highest BCUT2D eigenvalue weighted by Gasteiger charge is 2.53. The third-order valence-corrected chi connectivity index (χ3v) is 6.53. The van der Waals surface area contributed by atoms with E-state index < -0.39 is 12.8 Å². The number of halogens is 1. The summed E-state index contributed by atoms with van der Waals surface area (Å²) in [5.41, 5.74) is 2.22. The third kappa shape index (κ3) is 3.04. The molecule has 2 fully saturated rings. The first-order chi connectivity index (χ1) is 14.6. The van der Waals surface area contributed by atoms with Gasteiger partial charge in [0.05, 0.1) is 11.5 Å². The predicted octanol–water partition coefficient (Wildman–Crippen LogP) is 1.86. The number of hydrogen-bond donors (Lipinski definition) is 3. The molecule has 0 aromatic heterocycles. The highest BCUT2D eigenvalue weighted by atomic mass is 19.1. The number of carbonyl (C=O) groups excluding carboxylic acids is 2. The Hall–Kier alpha value is -2.93. The fraction of sp³-hybridized carbons (Fsp3) is 0.391. The topological polar surface area (TPSA) is 79.5 Å². The Morgan fingerprint density at radius 2 is 1.87 bits per heavy atom. The second kappa shape index (κ2) is 7.40. The largest absolute Gasteiger partial charge is 0.486 e. The van der Waals surface area contributed by atoms with Crippen molar-refractivity contribution in [3.8, 4) is 5.75 Å². The Kier molecular flexibility index (Phi) is 4.70. The van der Waals surface area contributed by atoms with Crippen molar-refractivity contribution in [1.29, 1.82) is 0 Å². The van der Waals surface area contributed by atoms with Gasteiger partial charge in [0.15, 0.2) is 0 Å². The summed E-state index contributed by atoms with van der Waals surface area (Å²) >= 11 is 0. The Bertz CT molecular complexity index is 987. The van der Waals surface area contributed by atoms with Crippen molar-refractivity contribution in [2.45, 2.75) is 18.1 Å². The molecule has 0 radical (unpaired) electrons. The van der Waals surface area contributed by atoms with Gasteiger partial charge < -0.3 is 20.7 Å². The van der Waals surface area contributed by atoms with E-state index in [1.807, 2.05) is 30.3 Å². The van der Waals surface area contributed by atoms with Crippen LogP contribution in [-0.2, 0) is 0 Å². The van der Waals surface area contributed by atoms with E-state index in [1.54, 1.807) is 12.1 Å². The Labute approximate surface area is 174 Å². The average Bonchev–Trinajstić information content (AvgIpc) is 3.14. The van der Waals surface area contributed by atoms with Gasteiger partial charge in [-0.1, -0.05) is 30.3 Å². The minimum absolute atomic E-state index is 0.176. The van der Waals surface area contributed by atoms with Gasteiger partial charge in [-0.25, -0.2) is 4.39 Å². The number of rotatable bonds is 5. The quantitative estimate of drug-likeness (QED) is 0.704. The fourth-order valence-electron chi connectivity index (χ4n) is 4.91. The van der Waals surface area contributed by atoms with Crippen LogP contribution in [0.15, 0.2) is 42.5 Å². The number of benzene rings is 2. The lowest BCUT2D eigenvalue weighted by molar-refractivity contribution is 0.0946. The standard InChI is InChI=1S/C23H24FN3O3/c1-25-23(29)15-8-13(22(28)27-20-16-10-26-11-17(16)20)7-14-19(12-5-3-2-4-6-12)18(9-24)30-21(14)15/h2-8,16-20,26H,9-11H2,1H3,(H,25,29)(H,27,28)/t16-,17+,18-,19+,20?/m1/s1. The Morgan fingerprint density at radius 1 is 1.13 bits per heavy atom. The van der Waals surface area contributed by atoms with Gasteiger partial charge in [-0.15, -0.1) is 0 Å². The molecule has 3 N–H and O–H groups in total. The summed E-state index contributed by atoms with van der Waals surface area (Å²) in [5.74, 6) is 0.371. The van der Waals surface area contributed by atoms with Crippen LogP contribution in [0.5, 0.6) is 5.75 Å². The van der Waals surface area contributed by atoms with E-state index in [4.69, 9.17) is 4.74 Å². The van der Waals surface area contributed by atoms with Gasteiger partial charge in [0, 0.05) is 37.3 Å². The van der Waals surface area contributed by atoms with E-state index >= 15 is 0 Å². The molecule has 5 atom stereocenters. The van der Waals surface area contributed by atoms with E-state index in [9.17, 15) is 14.0 Å². The lowest BCUT2D eigenvalue weighted by atomic mass is 9.86.